The molecule has 0 atom stereocenters. The maximum atomic E-state index is 11.9. The predicted octanol–water partition coefficient (Wildman–Crippen LogP) is 1.09. The van der Waals surface area contributed by atoms with E-state index in [9.17, 15) is 4.79 Å². The molecule has 1 aromatic heterocycles. The summed E-state index contributed by atoms with van der Waals surface area (Å²) >= 11 is 3.30. The standard InChI is InChI=1S/C11H12BrN5O/c1-17-6-15-10(16-17)5-14-11(18)8-4-7(12)2-3-9(8)13/h2-4,6H,5,13H2,1H3,(H,14,18). The van der Waals surface area contributed by atoms with E-state index in [1.165, 1.54) is 0 Å². The van der Waals surface area contributed by atoms with E-state index >= 15 is 0 Å². The van der Waals surface area contributed by atoms with Crippen molar-refractivity contribution in [2.45, 2.75) is 6.54 Å². The highest BCUT2D eigenvalue weighted by molar-refractivity contribution is 9.10. The van der Waals surface area contributed by atoms with Crippen molar-refractivity contribution < 1.29 is 4.79 Å². The van der Waals surface area contributed by atoms with Crippen molar-refractivity contribution in [3.63, 3.8) is 0 Å². The van der Waals surface area contributed by atoms with Crippen molar-refractivity contribution in [3.05, 3.63) is 40.4 Å². The van der Waals surface area contributed by atoms with Gasteiger partial charge >= 0.3 is 0 Å². The fraction of sp³-hybridized carbons (Fsp3) is 0.182. The zero-order valence-corrected chi connectivity index (χ0v) is 11.3. The molecule has 0 radical (unpaired) electrons. The molecule has 94 valence electrons. The van der Waals surface area contributed by atoms with Gasteiger partial charge in [-0.25, -0.2) is 4.98 Å². The number of hydrogen-bond acceptors (Lipinski definition) is 4. The molecule has 3 N–H and O–H groups in total. The zero-order valence-electron chi connectivity index (χ0n) is 9.72. The molecule has 0 aliphatic rings. The average molecular weight is 310 g/mol. The van der Waals surface area contributed by atoms with Crippen molar-refractivity contribution >= 4 is 27.5 Å². The number of nitrogens with zero attached hydrogens (tertiary/aromatic N) is 3. The first-order valence-corrected chi connectivity index (χ1v) is 6.03. The molecule has 0 aliphatic carbocycles. The Hall–Kier alpha value is -1.89. The highest BCUT2D eigenvalue weighted by atomic mass is 79.9. The van der Waals surface area contributed by atoms with Crippen LogP contribution in [0.25, 0.3) is 0 Å². The van der Waals surface area contributed by atoms with Crippen LogP contribution in [0, 0.1) is 0 Å². The lowest BCUT2D eigenvalue weighted by Crippen LogP contribution is -2.24. The summed E-state index contributed by atoms with van der Waals surface area (Å²) in [5, 5.41) is 6.79. The molecule has 18 heavy (non-hydrogen) atoms. The third kappa shape index (κ3) is 2.86. The van der Waals surface area contributed by atoms with Crippen LogP contribution < -0.4 is 11.1 Å². The Kier molecular flexibility index (Phi) is 3.61. The summed E-state index contributed by atoms with van der Waals surface area (Å²) in [6.07, 6.45) is 1.58. The second kappa shape index (κ2) is 5.18. The van der Waals surface area contributed by atoms with Gasteiger partial charge in [0.05, 0.1) is 12.1 Å². The fourth-order valence-corrected chi connectivity index (χ4v) is 1.81. The van der Waals surface area contributed by atoms with Gasteiger partial charge in [-0.3, -0.25) is 9.48 Å². The van der Waals surface area contributed by atoms with Gasteiger partial charge in [0.1, 0.15) is 6.33 Å². The molecule has 2 aromatic rings. The number of hydrogen-bond donors (Lipinski definition) is 2. The van der Waals surface area contributed by atoms with Gasteiger partial charge < -0.3 is 11.1 Å². The number of nitrogens with one attached hydrogen (secondary N) is 1. The number of halogens is 1. The van der Waals surface area contributed by atoms with E-state index in [4.69, 9.17) is 5.73 Å². The number of nitrogen functional groups attached to an aromatic ring is 1. The molecule has 0 fully saturated rings. The van der Waals surface area contributed by atoms with E-state index in [1.54, 1.807) is 36.3 Å². The zero-order chi connectivity index (χ0) is 13.1. The molecule has 0 aliphatic heterocycles. The van der Waals surface area contributed by atoms with Crippen molar-refractivity contribution in [1.29, 1.82) is 0 Å². The molecule has 0 unspecified atom stereocenters. The van der Waals surface area contributed by atoms with Crippen molar-refractivity contribution in [3.8, 4) is 0 Å². The molecule has 6 nitrogen and oxygen atoms in total. The molecular weight excluding hydrogens is 298 g/mol. The lowest BCUT2D eigenvalue weighted by molar-refractivity contribution is 0.0950. The first-order valence-electron chi connectivity index (χ1n) is 5.24. The number of carbonyl (C=O) groups excluding carboxylic acids is 1. The van der Waals surface area contributed by atoms with E-state index in [1.807, 2.05) is 0 Å². The number of aryl methyl sites for hydroxylation is 1. The summed E-state index contributed by atoms with van der Waals surface area (Å²) in [5.74, 6) is 0.306. The minimum atomic E-state index is -0.249. The monoisotopic (exact) mass is 309 g/mol. The smallest absolute Gasteiger partial charge is 0.253 e. The minimum absolute atomic E-state index is 0.249. The second-order valence-electron chi connectivity index (χ2n) is 3.75. The molecular formula is C11H12BrN5O. The van der Waals surface area contributed by atoms with Crippen LogP contribution in [0.2, 0.25) is 0 Å². The van der Waals surface area contributed by atoms with Crippen LogP contribution in [0.5, 0.6) is 0 Å². The van der Waals surface area contributed by atoms with Gasteiger partial charge in [0.15, 0.2) is 5.82 Å². The molecule has 1 aromatic carbocycles. The molecule has 0 bridgehead atoms. The Labute approximate surface area is 112 Å². The Morgan fingerprint density at radius 2 is 2.33 bits per heavy atom. The van der Waals surface area contributed by atoms with E-state index in [0.29, 0.717) is 17.1 Å². The molecule has 1 amide bonds. The number of rotatable bonds is 3. The number of benzene rings is 1. The number of aromatic nitrogens is 3. The van der Waals surface area contributed by atoms with Crippen LogP contribution in [0.3, 0.4) is 0 Å². The van der Waals surface area contributed by atoms with E-state index in [0.717, 1.165) is 4.47 Å². The molecule has 0 spiro atoms. The molecule has 0 saturated carbocycles. The average Bonchev–Trinajstić information content (AvgIpc) is 2.75. The Balaban J connectivity index is 2.05. The quantitative estimate of drug-likeness (QED) is 0.831. The summed E-state index contributed by atoms with van der Waals surface area (Å²) in [6.45, 7) is 0.269. The van der Waals surface area contributed by atoms with Gasteiger partial charge in [-0.15, -0.1) is 0 Å². The van der Waals surface area contributed by atoms with Crippen LogP contribution in [-0.4, -0.2) is 20.7 Å². The third-order valence-corrected chi connectivity index (χ3v) is 2.81. The van der Waals surface area contributed by atoms with Crippen LogP contribution in [-0.2, 0) is 13.6 Å². The van der Waals surface area contributed by atoms with E-state index in [2.05, 4.69) is 31.3 Å². The molecule has 7 heteroatoms. The van der Waals surface area contributed by atoms with Crippen molar-refractivity contribution in [2.75, 3.05) is 5.73 Å². The predicted molar refractivity (Wildman–Crippen MR) is 70.7 cm³/mol. The molecule has 1 heterocycles. The van der Waals surface area contributed by atoms with Crippen molar-refractivity contribution in [2.24, 2.45) is 7.05 Å². The van der Waals surface area contributed by atoms with Gasteiger partial charge in [0.2, 0.25) is 0 Å². The third-order valence-electron chi connectivity index (χ3n) is 2.31. The van der Waals surface area contributed by atoms with Gasteiger partial charge in [-0.05, 0) is 18.2 Å². The highest BCUT2D eigenvalue weighted by Gasteiger charge is 2.10. The van der Waals surface area contributed by atoms with Crippen LogP contribution >= 0.6 is 15.9 Å². The Bertz CT molecular complexity index is 581. The normalized spacial score (nSPS) is 10.3. The SMILES string of the molecule is Cn1cnc(CNC(=O)c2cc(Br)ccc2N)n1. The van der Waals surface area contributed by atoms with Gasteiger partial charge in [0, 0.05) is 17.2 Å². The summed E-state index contributed by atoms with van der Waals surface area (Å²) in [6, 6.07) is 5.14. The molecule has 0 saturated heterocycles. The van der Waals surface area contributed by atoms with Gasteiger partial charge in [-0.1, -0.05) is 15.9 Å². The highest BCUT2D eigenvalue weighted by Crippen LogP contribution is 2.18. The van der Waals surface area contributed by atoms with Crippen LogP contribution in [0.15, 0.2) is 29.0 Å². The maximum absolute atomic E-state index is 11.9. The van der Waals surface area contributed by atoms with Crippen LogP contribution in [0.1, 0.15) is 16.2 Å². The Morgan fingerprint density at radius 1 is 1.56 bits per heavy atom. The van der Waals surface area contributed by atoms with Crippen LogP contribution in [0.4, 0.5) is 5.69 Å². The number of anilines is 1. The lowest BCUT2D eigenvalue weighted by Gasteiger charge is -2.06. The van der Waals surface area contributed by atoms with Crippen molar-refractivity contribution in [1.82, 2.24) is 20.1 Å². The lowest BCUT2D eigenvalue weighted by atomic mass is 10.1. The number of nitrogens with two attached hydrogens (primary N) is 1. The Morgan fingerprint density at radius 3 is 3.00 bits per heavy atom. The van der Waals surface area contributed by atoms with E-state index in [-0.39, 0.29) is 12.5 Å². The van der Waals surface area contributed by atoms with Gasteiger partial charge in [-0.2, -0.15) is 5.10 Å². The topological polar surface area (TPSA) is 85.8 Å². The molecule has 2 rings (SSSR count). The summed E-state index contributed by atoms with van der Waals surface area (Å²) < 4.78 is 2.38. The largest absolute Gasteiger partial charge is 0.398 e. The summed E-state index contributed by atoms with van der Waals surface area (Å²) in [7, 11) is 1.77. The maximum Gasteiger partial charge on any atom is 0.253 e. The summed E-state index contributed by atoms with van der Waals surface area (Å²) in [4.78, 5) is 15.9. The fourth-order valence-electron chi connectivity index (χ4n) is 1.44. The second-order valence-corrected chi connectivity index (χ2v) is 4.66. The number of carbonyl (C=O) groups is 1. The number of amides is 1. The van der Waals surface area contributed by atoms with Gasteiger partial charge in [0.25, 0.3) is 5.91 Å². The first kappa shape index (κ1) is 12.6. The minimum Gasteiger partial charge on any atom is -0.398 e. The first-order chi connectivity index (χ1) is 8.56. The summed E-state index contributed by atoms with van der Waals surface area (Å²) in [5.41, 5.74) is 6.61. The van der Waals surface area contributed by atoms with E-state index < -0.39 is 0 Å².